The summed E-state index contributed by atoms with van der Waals surface area (Å²) in [4.78, 5) is 12.9. The summed E-state index contributed by atoms with van der Waals surface area (Å²) in [6.45, 7) is 0. The molecule has 0 radical (unpaired) electrons. The van der Waals surface area contributed by atoms with Gasteiger partial charge < -0.3 is 5.73 Å². The van der Waals surface area contributed by atoms with Crippen molar-refractivity contribution in [3.8, 4) is 0 Å². The smallest absolute Gasteiger partial charge is 0.262 e. The molecule has 1 aliphatic carbocycles. The van der Waals surface area contributed by atoms with Gasteiger partial charge in [-0.05, 0) is 37.0 Å². The summed E-state index contributed by atoms with van der Waals surface area (Å²) in [5, 5.41) is 0.330. The van der Waals surface area contributed by atoms with Gasteiger partial charge in [-0.3, -0.25) is 9.52 Å². The molecule has 1 aromatic heterocycles. The SMILES string of the molecule is NC(=O)c1c(NS(=O)(=O)c2ccccc2)sc2c1CCC2. The lowest BCUT2D eigenvalue weighted by molar-refractivity contribution is 0.100. The van der Waals surface area contributed by atoms with E-state index in [9.17, 15) is 13.2 Å². The third-order valence-electron chi connectivity index (χ3n) is 3.45. The minimum atomic E-state index is -3.70. The van der Waals surface area contributed by atoms with Crippen LogP contribution in [0.3, 0.4) is 0 Å². The zero-order valence-electron chi connectivity index (χ0n) is 11.1. The number of carbonyl (C=O) groups excluding carboxylic acids is 1. The molecule has 0 unspecified atom stereocenters. The van der Waals surface area contributed by atoms with Crippen molar-refractivity contribution in [2.75, 3.05) is 4.72 Å². The lowest BCUT2D eigenvalue weighted by Crippen LogP contribution is -2.18. The molecule has 110 valence electrons. The highest BCUT2D eigenvalue weighted by atomic mass is 32.2. The molecule has 3 rings (SSSR count). The number of fused-ring (bicyclic) bond motifs is 1. The van der Waals surface area contributed by atoms with E-state index in [4.69, 9.17) is 5.73 Å². The molecule has 0 spiro atoms. The van der Waals surface area contributed by atoms with Crippen LogP contribution < -0.4 is 10.5 Å². The van der Waals surface area contributed by atoms with Crippen LogP contribution in [-0.2, 0) is 22.9 Å². The molecule has 2 aromatic rings. The monoisotopic (exact) mass is 322 g/mol. The minimum Gasteiger partial charge on any atom is -0.365 e. The summed E-state index contributed by atoms with van der Waals surface area (Å²) in [5.74, 6) is -0.583. The number of carbonyl (C=O) groups is 1. The topological polar surface area (TPSA) is 89.3 Å². The first kappa shape index (κ1) is 14.1. The molecular formula is C14H14N2O3S2. The van der Waals surface area contributed by atoms with Crippen molar-refractivity contribution in [2.24, 2.45) is 5.73 Å². The first-order valence-corrected chi connectivity index (χ1v) is 8.81. The van der Waals surface area contributed by atoms with E-state index in [1.165, 1.54) is 23.5 Å². The predicted octanol–water partition coefficient (Wildman–Crippen LogP) is 2.14. The van der Waals surface area contributed by atoms with Crippen molar-refractivity contribution < 1.29 is 13.2 Å². The largest absolute Gasteiger partial charge is 0.365 e. The zero-order chi connectivity index (χ0) is 15.0. The van der Waals surface area contributed by atoms with Crippen molar-refractivity contribution in [2.45, 2.75) is 24.2 Å². The summed E-state index contributed by atoms with van der Waals surface area (Å²) < 4.78 is 27.2. The Hall–Kier alpha value is -1.86. The Bertz CT molecular complexity index is 795. The molecule has 3 N–H and O–H groups in total. The van der Waals surface area contributed by atoms with Gasteiger partial charge in [-0.25, -0.2) is 8.42 Å². The van der Waals surface area contributed by atoms with E-state index in [1.807, 2.05) is 0 Å². The van der Waals surface area contributed by atoms with Crippen LogP contribution in [0, 0.1) is 0 Å². The molecule has 0 fully saturated rings. The van der Waals surface area contributed by atoms with Crippen LogP contribution >= 0.6 is 11.3 Å². The Morgan fingerprint density at radius 3 is 2.57 bits per heavy atom. The lowest BCUT2D eigenvalue weighted by atomic mass is 10.1. The molecule has 1 aliphatic rings. The van der Waals surface area contributed by atoms with Crippen LogP contribution in [-0.4, -0.2) is 14.3 Å². The van der Waals surface area contributed by atoms with Crippen LogP contribution in [0.1, 0.15) is 27.2 Å². The lowest BCUT2D eigenvalue weighted by Gasteiger charge is -2.08. The summed E-state index contributed by atoms with van der Waals surface area (Å²) in [6, 6.07) is 8.06. The number of sulfonamides is 1. The molecule has 1 aromatic carbocycles. The fourth-order valence-corrected chi connectivity index (χ4v) is 5.14. The third-order valence-corrected chi connectivity index (χ3v) is 6.15. The number of primary amides is 1. The molecule has 5 nitrogen and oxygen atoms in total. The number of aryl methyl sites for hydroxylation is 1. The summed E-state index contributed by atoms with van der Waals surface area (Å²) in [7, 11) is -3.70. The number of thiophene rings is 1. The predicted molar refractivity (Wildman–Crippen MR) is 82.1 cm³/mol. The second kappa shape index (κ2) is 5.16. The third kappa shape index (κ3) is 2.54. The molecule has 0 saturated heterocycles. The average Bonchev–Trinajstić information content (AvgIpc) is 2.99. The van der Waals surface area contributed by atoms with Gasteiger partial charge in [0.1, 0.15) is 5.00 Å². The molecule has 0 atom stereocenters. The molecular weight excluding hydrogens is 308 g/mol. The first-order valence-electron chi connectivity index (χ1n) is 6.51. The van der Waals surface area contributed by atoms with Gasteiger partial charge in [0.25, 0.3) is 15.9 Å². The molecule has 1 amide bonds. The van der Waals surface area contributed by atoms with Crippen molar-refractivity contribution in [3.05, 3.63) is 46.3 Å². The van der Waals surface area contributed by atoms with Crippen LogP contribution in [0.15, 0.2) is 35.2 Å². The van der Waals surface area contributed by atoms with E-state index in [2.05, 4.69) is 4.72 Å². The van der Waals surface area contributed by atoms with Gasteiger partial charge in [0, 0.05) is 4.88 Å². The normalized spacial score (nSPS) is 13.9. The maximum Gasteiger partial charge on any atom is 0.262 e. The van der Waals surface area contributed by atoms with Gasteiger partial charge in [-0.2, -0.15) is 0 Å². The van der Waals surface area contributed by atoms with E-state index >= 15 is 0 Å². The molecule has 7 heteroatoms. The molecule has 1 heterocycles. The van der Waals surface area contributed by atoms with Crippen molar-refractivity contribution in [1.82, 2.24) is 0 Å². The summed E-state index contributed by atoms with van der Waals surface area (Å²) >= 11 is 1.31. The Balaban J connectivity index is 2.01. The first-order chi connectivity index (χ1) is 9.99. The molecule has 0 bridgehead atoms. The number of rotatable bonds is 4. The maximum atomic E-state index is 12.3. The number of hydrogen-bond acceptors (Lipinski definition) is 4. The number of nitrogens with two attached hydrogens (primary N) is 1. The van der Waals surface area contributed by atoms with E-state index in [-0.39, 0.29) is 4.90 Å². The number of anilines is 1. The Labute approximate surface area is 126 Å². The van der Waals surface area contributed by atoms with Crippen molar-refractivity contribution >= 4 is 32.3 Å². The van der Waals surface area contributed by atoms with Gasteiger partial charge in [-0.1, -0.05) is 18.2 Å². The Morgan fingerprint density at radius 1 is 1.19 bits per heavy atom. The Kier molecular flexibility index (Phi) is 3.46. The second-order valence-corrected chi connectivity index (χ2v) is 7.63. The number of nitrogens with one attached hydrogen (secondary N) is 1. The molecule has 0 saturated carbocycles. The van der Waals surface area contributed by atoms with Crippen LogP contribution in [0.2, 0.25) is 0 Å². The average molecular weight is 322 g/mol. The minimum absolute atomic E-state index is 0.161. The van der Waals surface area contributed by atoms with E-state index < -0.39 is 15.9 Å². The standard InChI is InChI=1S/C14H14N2O3S2/c15-13(17)12-10-7-4-8-11(10)20-14(12)16-21(18,19)9-5-2-1-3-6-9/h1-3,5-6,16H,4,7-8H2,(H2,15,17). The van der Waals surface area contributed by atoms with Crippen LogP contribution in [0.4, 0.5) is 5.00 Å². The van der Waals surface area contributed by atoms with Crippen molar-refractivity contribution in [3.63, 3.8) is 0 Å². The van der Waals surface area contributed by atoms with E-state index in [0.29, 0.717) is 10.6 Å². The second-order valence-electron chi connectivity index (χ2n) is 4.84. The quantitative estimate of drug-likeness (QED) is 0.903. The maximum absolute atomic E-state index is 12.3. The van der Waals surface area contributed by atoms with Crippen LogP contribution in [0.5, 0.6) is 0 Å². The van der Waals surface area contributed by atoms with Crippen molar-refractivity contribution in [1.29, 1.82) is 0 Å². The molecule has 21 heavy (non-hydrogen) atoms. The summed E-state index contributed by atoms with van der Waals surface area (Å²) in [5.41, 5.74) is 6.65. The Morgan fingerprint density at radius 2 is 1.90 bits per heavy atom. The van der Waals surface area contributed by atoms with E-state index in [1.54, 1.807) is 18.2 Å². The van der Waals surface area contributed by atoms with Gasteiger partial charge >= 0.3 is 0 Å². The number of amides is 1. The number of hydrogen-bond donors (Lipinski definition) is 2. The molecule has 0 aliphatic heterocycles. The summed E-state index contributed by atoms with van der Waals surface area (Å²) in [6.07, 6.45) is 2.62. The van der Waals surface area contributed by atoms with Gasteiger partial charge in [-0.15, -0.1) is 11.3 Å². The highest BCUT2D eigenvalue weighted by Crippen LogP contribution is 2.39. The number of benzene rings is 1. The fraction of sp³-hybridized carbons (Fsp3) is 0.214. The van der Waals surface area contributed by atoms with Gasteiger partial charge in [0.05, 0.1) is 10.5 Å². The highest BCUT2D eigenvalue weighted by Gasteiger charge is 2.27. The highest BCUT2D eigenvalue weighted by molar-refractivity contribution is 7.93. The van der Waals surface area contributed by atoms with Gasteiger partial charge in [0.15, 0.2) is 0 Å². The van der Waals surface area contributed by atoms with E-state index in [0.717, 1.165) is 29.7 Å². The zero-order valence-corrected chi connectivity index (χ0v) is 12.8. The van der Waals surface area contributed by atoms with Crippen LogP contribution in [0.25, 0.3) is 0 Å². The van der Waals surface area contributed by atoms with Gasteiger partial charge in [0.2, 0.25) is 0 Å². The fourth-order valence-electron chi connectivity index (χ4n) is 2.52.